The van der Waals surface area contributed by atoms with E-state index in [1.54, 1.807) is 39.1 Å². The molecule has 9 nitrogen and oxygen atoms in total. The van der Waals surface area contributed by atoms with Crippen LogP contribution < -0.4 is 10.6 Å². The molecular formula is C27H35N5O4. The van der Waals surface area contributed by atoms with Crippen molar-refractivity contribution in [3.63, 3.8) is 0 Å². The number of hydrogen-bond donors (Lipinski definition) is 2. The fourth-order valence-electron chi connectivity index (χ4n) is 3.64. The smallest absolute Gasteiger partial charge is 0.414 e. The summed E-state index contributed by atoms with van der Waals surface area (Å²) >= 11 is 0. The van der Waals surface area contributed by atoms with E-state index in [1.807, 2.05) is 51.1 Å². The van der Waals surface area contributed by atoms with E-state index >= 15 is 0 Å². The van der Waals surface area contributed by atoms with Crippen LogP contribution in [0.1, 0.15) is 59.1 Å². The molecule has 1 aromatic heterocycles. The van der Waals surface area contributed by atoms with Gasteiger partial charge < -0.3 is 10.1 Å². The number of carbonyl (C=O) groups is 3. The summed E-state index contributed by atoms with van der Waals surface area (Å²) in [6.45, 7) is 11.3. The number of hydrogen-bond acceptors (Lipinski definition) is 6. The Morgan fingerprint density at radius 1 is 1.11 bits per heavy atom. The Morgan fingerprint density at radius 2 is 1.81 bits per heavy atom. The van der Waals surface area contributed by atoms with Crippen molar-refractivity contribution in [2.75, 3.05) is 5.32 Å². The van der Waals surface area contributed by atoms with Crippen molar-refractivity contribution in [1.82, 2.24) is 15.2 Å². The number of anilines is 1. The monoisotopic (exact) mass is 493 g/mol. The van der Waals surface area contributed by atoms with Crippen molar-refractivity contribution in [3.05, 3.63) is 59.8 Å². The number of aromatic nitrogens is 1. The van der Waals surface area contributed by atoms with Gasteiger partial charge in [-0.1, -0.05) is 44.2 Å². The average Bonchev–Trinajstić information content (AvgIpc) is 2.75. The first-order chi connectivity index (χ1) is 16.8. The predicted molar refractivity (Wildman–Crippen MR) is 138 cm³/mol. The Kier molecular flexibility index (Phi) is 8.12. The third-order valence-electron chi connectivity index (χ3n) is 5.92. The lowest BCUT2D eigenvalue weighted by atomic mass is 9.84. The normalized spacial score (nSPS) is 18.0. The van der Waals surface area contributed by atoms with Crippen LogP contribution >= 0.6 is 0 Å². The Bertz CT molecular complexity index is 1140. The van der Waals surface area contributed by atoms with Crippen LogP contribution in [0.15, 0.2) is 53.7 Å². The van der Waals surface area contributed by atoms with Gasteiger partial charge in [0.25, 0.3) is 0 Å². The molecule has 2 aromatic rings. The molecule has 0 aliphatic carbocycles. The number of pyridine rings is 1. The maximum Gasteiger partial charge on any atom is 0.414 e. The number of benzene rings is 1. The summed E-state index contributed by atoms with van der Waals surface area (Å²) in [6.07, 6.45) is 1.31. The molecular weight excluding hydrogens is 458 g/mol. The lowest BCUT2D eigenvalue weighted by Crippen LogP contribution is -2.55. The second-order valence-electron chi connectivity index (χ2n) is 10.5. The molecule has 9 heteroatoms. The summed E-state index contributed by atoms with van der Waals surface area (Å²) in [5.41, 5.74) is 0.257. The van der Waals surface area contributed by atoms with Crippen molar-refractivity contribution in [2.45, 2.75) is 72.1 Å². The summed E-state index contributed by atoms with van der Waals surface area (Å²) in [5.74, 6) is 0.234. The maximum absolute atomic E-state index is 13.2. The molecule has 192 valence electrons. The van der Waals surface area contributed by atoms with Crippen LogP contribution in [0.4, 0.5) is 10.6 Å². The van der Waals surface area contributed by atoms with E-state index in [1.165, 1.54) is 4.90 Å². The molecule has 2 heterocycles. The van der Waals surface area contributed by atoms with E-state index in [0.29, 0.717) is 5.82 Å². The summed E-state index contributed by atoms with van der Waals surface area (Å²) in [5, 5.41) is 5.47. The maximum atomic E-state index is 13.2. The average molecular weight is 494 g/mol. The molecule has 0 saturated heterocycles. The van der Waals surface area contributed by atoms with Crippen LogP contribution in [0.25, 0.3) is 0 Å². The van der Waals surface area contributed by atoms with Gasteiger partial charge in [-0.25, -0.2) is 14.8 Å². The molecule has 0 bridgehead atoms. The molecule has 2 N–H and O–H groups in total. The van der Waals surface area contributed by atoms with Gasteiger partial charge in [-0.2, -0.15) is 0 Å². The van der Waals surface area contributed by atoms with E-state index in [4.69, 9.17) is 9.73 Å². The minimum absolute atomic E-state index is 0.0754. The third kappa shape index (κ3) is 7.37. The van der Waals surface area contributed by atoms with Gasteiger partial charge in [0.15, 0.2) is 0 Å². The predicted octanol–water partition coefficient (Wildman–Crippen LogP) is 4.29. The van der Waals surface area contributed by atoms with Gasteiger partial charge in [0, 0.05) is 6.20 Å². The molecule has 0 radical (unpaired) electrons. The van der Waals surface area contributed by atoms with Crippen molar-refractivity contribution >= 4 is 29.7 Å². The van der Waals surface area contributed by atoms with Crippen molar-refractivity contribution in [1.29, 1.82) is 0 Å². The van der Waals surface area contributed by atoms with E-state index in [9.17, 15) is 14.4 Å². The molecule has 0 spiro atoms. The second kappa shape index (κ2) is 10.9. The molecule has 1 aliphatic heterocycles. The highest BCUT2D eigenvalue weighted by Gasteiger charge is 2.40. The minimum Gasteiger partial charge on any atom is -0.444 e. The van der Waals surface area contributed by atoms with Gasteiger partial charge in [0.05, 0.1) is 24.9 Å². The summed E-state index contributed by atoms with van der Waals surface area (Å²) in [6, 6.07) is 12.9. The van der Waals surface area contributed by atoms with Gasteiger partial charge >= 0.3 is 6.09 Å². The first kappa shape index (κ1) is 26.8. The van der Waals surface area contributed by atoms with Gasteiger partial charge in [0.1, 0.15) is 11.4 Å². The van der Waals surface area contributed by atoms with E-state index in [2.05, 4.69) is 15.6 Å². The van der Waals surface area contributed by atoms with Crippen LogP contribution in [-0.2, 0) is 27.3 Å². The largest absolute Gasteiger partial charge is 0.444 e. The summed E-state index contributed by atoms with van der Waals surface area (Å²) in [4.78, 5) is 48.6. The first-order valence-electron chi connectivity index (χ1n) is 12.0. The number of nitrogens with zero attached hydrogens (tertiary/aromatic N) is 3. The summed E-state index contributed by atoms with van der Waals surface area (Å²) in [7, 11) is 0. The fourth-order valence-corrected chi connectivity index (χ4v) is 3.64. The number of alkyl carbamates (subject to hydrolysis) is 1. The molecule has 0 saturated carbocycles. The van der Waals surface area contributed by atoms with Gasteiger partial charge in [-0.15, -0.1) is 0 Å². The van der Waals surface area contributed by atoms with Crippen LogP contribution in [0.5, 0.6) is 0 Å². The number of aliphatic imine (C=N–C) groups is 1. The summed E-state index contributed by atoms with van der Waals surface area (Å²) < 4.78 is 5.39. The lowest BCUT2D eigenvalue weighted by Gasteiger charge is -2.38. The first-order valence-corrected chi connectivity index (χ1v) is 12.0. The fraction of sp³-hybridized carbons (Fsp3) is 0.444. The molecule has 3 amide bonds. The molecule has 1 aromatic carbocycles. The SMILES string of the molecule is CC(C)C1(C)CC(=O)N(Cc2ccnc(NC(=O)Cc3ccccc3)c2)C(NC(=O)OC(C)(C)C)=N1. The topological polar surface area (TPSA) is 113 Å². The zero-order valence-corrected chi connectivity index (χ0v) is 21.8. The van der Waals surface area contributed by atoms with Crippen LogP contribution in [0, 0.1) is 5.92 Å². The van der Waals surface area contributed by atoms with Crippen LogP contribution in [-0.4, -0.2) is 44.9 Å². The zero-order chi connectivity index (χ0) is 26.5. The van der Waals surface area contributed by atoms with Crippen LogP contribution in [0.2, 0.25) is 0 Å². The Labute approximate surface area is 212 Å². The Morgan fingerprint density at radius 3 is 2.44 bits per heavy atom. The zero-order valence-electron chi connectivity index (χ0n) is 21.8. The van der Waals surface area contributed by atoms with Gasteiger partial charge in [-0.3, -0.25) is 19.8 Å². The molecule has 1 unspecified atom stereocenters. The van der Waals surface area contributed by atoms with Crippen molar-refractivity contribution < 1.29 is 19.1 Å². The minimum atomic E-state index is -0.701. The number of rotatable bonds is 6. The highest BCUT2D eigenvalue weighted by Crippen LogP contribution is 2.31. The number of carbonyl (C=O) groups excluding carboxylic acids is 3. The molecule has 0 fully saturated rings. The molecule has 36 heavy (non-hydrogen) atoms. The van der Waals surface area contributed by atoms with E-state index < -0.39 is 17.2 Å². The second-order valence-corrected chi connectivity index (χ2v) is 10.5. The third-order valence-corrected chi connectivity index (χ3v) is 5.92. The number of guanidine groups is 1. The van der Waals surface area contributed by atoms with Gasteiger partial charge in [0.2, 0.25) is 17.8 Å². The van der Waals surface area contributed by atoms with Crippen molar-refractivity contribution in [3.8, 4) is 0 Å². The van der Waals surface area contributed by atoms with Crippen LogP contribution in [0.3, 0.4) is 0 Å². The molecule has 1 atom stereocenters. The van der Waals surface area contributed by atoms with E-state index in [-0.39, 0.29) is 43.1 Å². The number of nitrogens with one attached hydrogen (secondary N) is 2. The van der Waals surface area contributed by atoms with Gasteiger partial charge in [-0.05, 0) is 56.9 Å². The highest BCUT2D eigenvalue weighted by molar-refractivity contribution is 6.05. The number of amides is 3. The highest BCUT2D eigenvalue weighted by atomic mass is 16.6. The molecule has 3 rings (SSSR count). The Balaban J connectivity index is 1.79. The standard InChI is InChI=1S/C27H35N5O4/c1-18(2)27(6)16-23(34)32(24(31-27)30-25(35)36-26(3,4)5)17-20-12-13-28-21(14-20)29-22(33)15-19-10-8-7-9-11-19/h7-14,18H,15-17H2,1-6H3,(H,28,29,33)(H,30,31,35). The lowest BCUT2D eigenvalue weighted by molar-refractivity contribution is -0.130. The Hall–Kier alpha value is -3.75. The number of ether oxygens (including phenoxy) is 1. The molecule has 1 aliphatic rings. The quantitative estimate of drug-likeness (QED) is 0.623. The van der Waals surface area contributed by atoms with Crippen molar-refractivity contribution in [2.24, 2.45) is 10.9 Å². The van der Waals surface area contributed by atoms with E-state index in [0.717, 1.165) is 11.1 Å².